The summed E-state index contributed by atoms with van der Waals surface area (Å²) in [7, 11) is 0. The Balaban J connectivity index is 1.86. The average molecular weight is 262 g/mol. The van der Waals surface area contributed by atoms with E-state index in [1.807, 2.05) is 30.3 Å². The Labute approximate surface area is 112 Å². The minimum absolute atomic E-state index is 0.231. The van der Waals surface area contributed by atoms with Crippen LogP contribution in [0.2, 0.25) is 0 Å². The van der Waals surface area contributed by atoms with Crippen LogP contribution in [0.4, 0.5) is 0 Å². The van der Waals surface area contributed by atoms with Gasteiger partial charge in [0.15, 0.2) is 0 Å². The van der Waals surface area contributed by atoms with Gasteiger partial charge in [0.2, 0.25) is 5.91 Å². The summed E-state index contributed by atoms with van der Waals surface area (Å²) in [5.74, 6) is -1.25. The van der Waals surface area contributed by atoms with Gasteiger partial charge in [-0.15, -0.1) is 0 Å². The zero-order valence-corrected chi connectivity index (χ0v) is 10.7. The van der Waals surface area contributed by atoms with Gasteiger partial charge < -0.3 is 10.4 Å². The second-order valence-corrected chi connectivity index (χ2v) is 4.79. The van der Waals surface area contributed by atoms with E-state index in [9.17, 15) is 9.59 Å². The molecule has 1 aliphatic carbocycles. The molecule has 102 valence electrons. The molecule has 0 bridgehead atoms. The van der Waals surface area contributed by atoms with E-state index in [0.717, 1.165) is 19.4 Å². The number of carbonyl (C=O) groups excluding carboxylic acids is 1. The lowest BCUT2D eigenvalue weighted by atomic mass is 10.2. The van der Waals surface area contributed by atoms with E-state index in [1.165, 1.54) is 5.56 Å². The number of carboxylic acid groups (broad SMARTS) is 1. The summed E-state index contributed by atoms with van der Waals surface area (Å²) < 4.78 is 0. The fraction of sp³-hybridized carbons (Fsp3) is 0.429. The summed E-state index contributed by atoms with van der Waals surface area (Å²) in [5, 5.41) is 10.9. The van der Waals surface area contributed by atoms with Crippen LogP contribution < -0.4 is 5.32 Å². The smallest absolute Gasteiger partial charge is 0.322 e. The number of nitrogens with one attached hydrogen (secondary N) is 1. The van der Waals surface area contributed by atoms with E-state index in [0.29, 0.717) is 6.04 Å². The first-order valence-corrected chi connectivity index (χ1v) is 6.41. The van der Waals surface area contributed by atoms with Gasteiger partial charge in [-0.05, 0) is 18.4 Å². The normalized spacial score (nSPS) is 14.4. The third kappa shape index (κ3) is 4.71. The zero-order valence-electron chi connectivity index (χ0n) is 10.7. The number of amides is 1. The molecule has 5 nitrogen and oxygen atoms in total. The first-order valence-electron chi connectivity index (χ1n) is 6.41. The van der Waals surface area contributed by atoms with E-state index in [-0.39, 0.29) is 19.0 Å². The highest BCUT2D eigenvalue weighted by atomic mass is 16.4. The Morgan fingerprint density at radius 3 is 2.53 bits per heavy atom. The van der Waals surface area contributed by atoms with Crippen molar-refractivity contribution in [1.82, 2.24) is 10.2 Å². The molecule has 0 saturated heterocycles. The summed E-state index contributed by atoms with van der Waals surface area (Å²) in [4.78, 5) is 24.2. The van der Waals surface area contributed by atoms with Gasteiger partial charge in [0, 0.05) is 12.6 Å². The van der Waals surface area contributed by atoms with E-state index in [4.69, 9.17) is 5.11 Å². The quantitative estimate of drug-likeness (QED) is 0.764. The predicted octanol–water partition coefficient (Wildman–Crippen LogP) is 0.852. The van der Waals surface area contributed by atoms with Crippen molar-refractivity contribution in [3.05, 3.63) is 35.9 Å². The number of carbonyl (C=O) groups is 2. The number of benzene rings is 1. The van der Waals surface area contributed by atoms with Crippen molar-refractivity contribution < 1.29 is 14.7 Å². The van der Waals surface area contributed by atoms with Gasteiger partial charge in [-0.2, -0.15) is 0 Å². The molecular formula is C14H18N2O3. The van der Waals surface area contributed by atoms with Gasteiger partial charge in [0.05, 0.1) is 6.54 Å². The van der Waals surface area contributed by atoms with E-state index >= 15 is 0 Å². The number of carboxylic acids is 1. The lowest BCUT2D eigenvalue weighted by Crippen LogP contribution is -2.39. The summed E-state index contributed by atoms with van der Waals surface area (Å²) in [6.45, 7) is 0.668. The van der Waals surface area contributed by atoms with Crippen LogP contribution >= 0.6 is 0 Å². The Hall–Kier alpha value is -1.88. The van der Waals surface area contributed by atoms with Gasteiger partial charge in [-0.1, -0.05) is 30.3 Å². The second kappa shape index (κ2) is 6.33. The lowest BCUT2D eigenvalue weighted by molar-refractivity contribution is -0.138. The van der Waals surface area contributed by atoms with Crippen molar-refractivity contribution in [2.24, 2.45) is 0 Å². The van der Waals surface area contributed by atoms with E-state index in [2.05, 4.69) is 10.2 Å². The van der Waals surface area contributed by atoms with Crippen LogP contribution in [-0.2, 0) is 16.1 Å². The Morgan fingerprint density at radius 2 is 1.95 bits per heavy atom. The van der Waals surface area contributed by atoms with Crippen molar-refractivity contribution in [3.8, 4) is 0 Å². The van der Waals surface area contributed by atoms with Crippen LogP contribution in [-0.4, -0.2) is 41.0 Å². The fourth-order valence-electron chi connectivity index (χ4n) is 1.99. The van der Waals surface area contributed by atoms with Gasteiger partial charge in [0.1, 0.15) is 6.54 Å². The number of aliphatic carboxylic acids is 1. The summed E-state index contributed by atoms with van der Waals surface area (Å²) in [6, 6.07) is 10.4. The third-order valence-corrected chi connectivity index (χ3v) is 3.08. The number of rotatable bonds is 7. The highest BCUT2D eigenvalue weighted by molar-refractivity contribution is 5.82. The summed E-state index contributed by atoms with van der Waals surface area (Å²) in [5.41, 5.74) is 1.17. The molecule has 1 amide bonds. The highest BCUT2D eigenvalue weighted by Gasteiger charge is 2.30. The summed E-state index contributed by atoms with van der Waals surface area (Å²) >= 11 is 0. The van der Waals surface area contributed by atoms with Crippen LogP contribution in [0.5, 0.6) is 0 Å². The van der Waals surface area contributed by atoms with E-state index < -0.39 is 5.97 Å². The Bertz CT molecular complexity index is 443. The Morgan fingerprint density at radius 1 is 1.26 bits per heavy atom. The molecule has 19 heavy (non-hydrogen) atoms. The molecule has 1 aromatic carbocycles. The summed E-state index contributed by atoms with van der Waals surface area (Å²) in [6.07, 6.45) is 2.22. The molecule has 0 atom stereocenters. The van der Waals surface area contributed by atoms with Crippen molar-refractivity contribution in [2.45, 2.75) is 25.4 Å². The molecule has 0 spiro atoms. The molecule has 2 rings (SSSR count). The molecule has 1 aliphatic rings. The molecule has 0 radical (unpaired) electrons. The zero-order chi connectivity index (χ0) is 13.7. The van der Waals surface area contributed by atoms with E-state index in [1.54, 1.807) is 0 Å². The van der Waals surface area contributed by atoms with Crippen LogP contribution in [0.3, 0.4) is 0 Å². The molecule has 0 unspecified atom stereocenters. The number of nitrogens with zero attached hydrogens (tertiary/aromatic N) is 1. The largest absolute Gasteiger partial charge is 0.480 e. The first-order chi connectivity index (χ1) is 9.15. The standard InChI is InChI=1S/C14H18N2O3/c17-13(15-8-14(18)19)10-16(12-6-7-12)9-11-4-2-1-3-5-11/h1-5,12H,6-10H2,(H,15,17)(H,18,19). The molecule has 1 saturated carbocycles. The maximum absolute atomic E-state index is 11.7. The topological polar surface area (TPSA) is 69.6 Å². The molecule has 5 heteroatoms. The van der Waals surface area contributed by atoms with Crippen LogP contribution in [0.1, 0.15) is 18.4 Å². The SMILES string of the molecule is O=C(O)CNC(=O)CN(Cc1ccccc1)C1CC1. The molecule has 0 heterocycles. The molecule has 0 aromatic heterocycles. The predicted molar refractivity (Wildman–Crippen MR) is 70.5 cm³/mol. The maximum Gasteiger partial charge on any atom is 0.322 e. The number of hydrogen-bond donors (Lipinski definition) is 2. The van der Waals surface area contributed by atoms with Gasteiger partial charge >= 0.3 is 5.97 Å². The fourth-order valence-corrected chi connectivity index (χ4v) is 1.99. The Kier molecular flexibility index (Phi) is 4.52. The highest BCUT2D eigenvalue weighted by Crippen LogP contribution is 2.27. The molecule has 2 N–H and O–H groups in total. The van der Waals surface area contributed by atoms with Gasteiger partial charge in [-0.3, -0.25) is 14.5 Å². The van der Waals surface area contributed by atoms with Crippen LogP contribution in [0, 0.1) is 0 Å². The first kappa shape index (κ1) is 13.5. The van der Waals surface area contributed by atoms with Crippen molar-refractivity contribution in [2.75, 3.05) is 13.1 Å². The molecule has 1 aromatic rings. The monoisotopic (exact) mass is 262 g/mol. The molecule has 0 aliphatic heterocycles. The number of hydrogen-bond acceptors (Lipinski definition) is 3. The van der Waals surface area contributed by atoms with Crippen molar-refractivity contribution in [3.63, 3.8) is 0 Å². The third-order valence-electron chi connectivity index (χ3n) is 3.08. The van der Waals surface area contributed by atoms with Crippen LogP contribution in [0.25, 0.3) is 0 Å². The van der Waals surface area contributed by atoms with Crippen LogP contribution in [0.15, 0.2) is 30.3 Å². The minimum atomic E-state index is -1.02. The molecule has 1 fully saturated rings. The van der Waals surface area contributed by atoms with Crippen molar-refractivity contribution >= 4 is 11.9 Å². The lowest BCUT2D eigenvalue weighted by Gasteiger charge is -2.21. The van der Waals surface area contributed by atoms with Crippen molar-refractivity contribution in [1.29, 1.82) is 0 Å². The van der Waals surface area contributed by atoms with Gasteiger partial charge in [0.25, 0.3) is 0 Å². The van der Waals surface area contributed by atoms with Gasteiger partial charge in [-0.25, -0.2) is 0 Å². The minimum Gasteiger partial charge on any atom is -0.480 e. The maximum atomic E-state index is 11.7. The molecular weight excluding hydrogens is 244 g/mol. The second-order valence-electron chi connectivity index (χ2n) is 4.79. The average Bonchev–Trinajstić information content (AvgIpc) is 3.21.